The van der Waals surface area contributed by atoms with Crippen LogP contribution in [0, 0.1) is 11.8 Å². The van der Waals surface area contributed by atoms with Gasteiger partial charge in [0, 0.05) is 30.6 Å². The van der Waals surface area contributed by atoms with Gasteiger partial charge in [0.15, 0.2) is 0 Å². The fraction of sp³-hybridized carbons (Fsp3) is 0.625. The molecule has 0 saturated carbocycles. The molecule has 3 nitrogen and oxygen atoms in total. The van der Waals surface area contributed by atoms with Gasteiger partial charge in [-0.2, -0.15) is 0 Å². The standard InChI is InChI=1S/C16H24N2OS/c1-3-18(4-2)14-9-10-17(12-14)13-16-8-7-15(20-16)6-5-11-19/h7-8,14,19H,3-4,9-13H2,1-2H3. The summed E-state index contributed by atoms with van der Waals surface area (Å²) < 4.78 is 0. The van der Waals surface area contributed by atoms with Crippen molar-refractivity contribution in [1.29, 1.82) is 0 Å². The van der Waals surface area contributed by atoms with Crippen LogP contribution in [-0.4, -0.2) is 53.7 Å². The largest absolute Gasteiger partial charge is 0.384 e. The minimum absolute atomic E-state index is 0.0646. The van der Waals surface area contributed by atoms with Gasteiger partial charge in [-0.15, -0.1) is 11.3 Å². The van der Waals surface area contributed by atoms with Crippen LogP contribution in [0.3, 0.4) is 0 Å². The number of aliphatic hydroxyl groups excluding tert-OH is 1. The van der Waals surface area contributed by atoms with E-state index in [0.717, 1.165) is 30.6 Å². The molecule has 0 bridgehead atoms. The van der Waals surface area contributed by atoms with Crippen molar-refractivity contribution in [3.05, 3.63) is 21.9 Å². The molecule has 1 fully saturated rings. The molecule has 0 aromatic carbocycles. The minimum atomic E-state index is -0.0646. The van der Waals surface area contributed by atoms with Gasteiger partial charge in [0.25, 0.3) is 0 Å². The van der Waals surface area contributed by atoms with Crippen LogP contribution in [0.15, 0.2) is 12.1 Å². The number of nitrogens with zero attached hydrogens (tertiary/aromatic N) is 2. The Morgan fingerprint density at radius 1 is 1.40 bits per heavy atom. The molecule has 1 aromatic rings. The summed E-state index contributed by atoms with van der Waals surface area (Å²) in [5.41, 5.74) is 0. The lowest BCUT2D eigenvalue weighted by atomic mass is 10.2. The van der Waals surface area contributed by atoms with E-state index in [1.54, 1.807) is 11.3 Å². The predicted molar refractivity (Wildman–Crippen MR) is 84.9 cm³/mol. The first-order valence-electron chi connectivity index (χ1n) is 7.41. The van der Waals surface area contributed by atoms with Gasteiger partial charge >= 0.3 is 0 Å². The molecule has 0 amide bonds. The van der Waals surface area contributed by atoms with E-state index in [0.29, 0.717) is 0 Å². The van der Waals surface area contributed by atoms with Gasteiger partial charge < -0.3 is 5.11 Å². The molecule has 1 N–H and O–H groups in total. The molecule has 1 aliphatic heterocycles. The lowest BCUT2D eigenvalue weighted by molar-refractivity contribution is 0.209. The van der Waals surface area contributed by atoms with Gasteiger partial charge in [-0.1, -0.05) is 25.7 Å². The fourth-order valence-corrected chi connectivity index (χ4v) is 3.80. The number of hydrogen-bond acceptors (Lipinski definition) is 4. The van der Waals surface area contributed by atoms with Crippen molar-refractivity contribution in [2.24, 2.45) is 0 Å². The van der Waals surface area contributed by atoms with Gasteiger partial charge in [0.2, 0.25) is 0 Å². The van der Waals surface area contributed by atoms with E-state index in [9.17, 15) is 0 Å². The van der Waals surface area contributed by atoms with E-state index in [1.165, 1.54) is 24.4 Å². The quantitative estimate of drug-likeness (QED) is 0.841. The van der Waals surface area contributed by atoms with Gasteiger partial charge in [-0.05, 0) is 31.6 Å². The number of thiophene rings is 1. The van der Waals surface area contributed by atoms with Crippen LogP contribution in [0.2, 0.25) is 0 Å². The molecule has 1 atom stereocenters. The summed E-state index contributed by atoms with van der Waals surface area (Å²) in [5, 5.41) is 8.71. The van der Waals surface area contributed by atoms with Crippen LogP contribution in [0.5, 0.6) is 0 Å². The molecule has 1 saturated heterocycles. The second-order valence-corrected chi connectivity index (χ2v) is 6.29. The highest BCUT2D eigenvalue weighted by molar-refractivity contribution is 7.12. The van der Waals surface area contributed by atoms with Crippen LogP contribution in [0.25, 0.3) is 0 Å². The topological polar surface area (TPSA) is 26.7 Å². The zero-order valence-electron chi connectivity index (χ0n) is 12.4. The van der Waals surface area contributed by atoms with Crippen LogP contribution in [-0.2, 0) is 6.54 Å². The molecule has 1 unspecified atom stereocenters. The molecule has 20 heavy (non-hydrogen) atoms. The summed E-state index contributed by atoms with van der Waals surface area (Å²) in [5.74, 6) is 5.68. The van der Waals surface area contributed by atoms with Gasteiger partial charge in [0.05, 0.1) is 4.88 Å². The third-order valence-corrected chi connectivity index (χ3v) is 4.89. The van der Waals surface area contributed by atoms with Crippen molar-refractivity contribution in [3.8, 4) is 11.8 Å². The number of hydrogen-bond donors (Lipinski definition) is 1. The molecule has 1 aromatic heterocycles. The van der Waals surface area contributed by atoms with Crippen molar-refractivity contribution < 1.29 is 5.11 Å². The van der Waals surface area contributed by atoms with Crippen LogP contribution in [0.4, 0.5) is 0 Å². The summed E-state index contributed by atoms with van der Waals surface area (Å²) in [7, 11) is 0. The first-order valence-corrected chi connectivity index (χ1v) is 8.23. The summed E-state index contributed by atoms with van der Waals surface area (Å²) in [6, 6.07) is 4.94. The Balaban J connectivity index is 1.87. The smallest absolute Gasteiger partial charge is 0.104 e. The Kier molecular flexibility index (Phi) is 6.06. The van der Waals surface area contributed by atoms with Crippen LogP contribution in [0.1, 0.15) is 30.0 Å². The molecule has 0 radical (unpaired) electrons. The fourth-order valence-electron chi connectivity index (χ4n) is 2.87. The van der Waals surface area contributed by atoms with E-state index in [1.807, 2.05) is 0 Å². The molecule has 110 valence electrons. The third-order valence-electron chi connectivity index (χ3n) is 3.91. The highest BCUT2D eigenvalue weighted by atomic mass is 32.1. The summed E-state index contributed by atoms with van der Waals surface area (Å²) >= 11 is 1.74. The Bertz CT molecular complexity index is 470. The molecule has 2 heterocycles. The average Bonchev–Trinajstić information content (AvgIpc) is 3.08. The first kappa shape index (κ1) is 15.5. The molecule has 4 heteroatoms. The van der Waals surface area contributed by atoms with Gasteiger partial charge in [-0.3, -0.25) is 9.80 Å². The number of likely N-dealkylation sites (N-methyl/N-ethyl adjacent to an activating group) is 1. The lowest BCUT2D eigenvalue weighted by Gasteiger charge is -2.26. The maximum absolute atomic E-state index is 8.71. The predicted octanol–water partition coefficient (Wildman–Crippen LogP) is 2.01. The van der Waals surface area contributed by atoms with Gasteiger partial charge in [-0.25, -0.2) is 0 Å². The molecular weight excluding hydrogens is 268 g/mol. The summed E-state index contributed by atoms with van der Waals surface area (Å²) in [4.78, 5) is 7.52. The number of likely N-dealkylation sites (tertiary alicyclic amines) is 1. The van der Waals surface area contributed by atoms with E-state index >= 15 is 0 Å². The van der Waals surface area contributed by atoms with Gasteiger partial charge in [0.1, 0.15) is 6.61 Å². The van der Waals surface area contributed by atoms with Crippen LogP contribution >= 0.6 is 11.3 Å². The Hall–Kier alpha value is -0.860. The molecule has 0 spiro atoms. The Morgan fingerprint density at radius 3 is 2.90 bits per heavy atom. The van der Waals surface area contributed by atoms with E-state index in [-0.39, 0.29) is 6.61 Å². The summed E-state index contributed by atoms with van der Waals surface area (Å²) in [6.45, 7) is 10.1. The maximum Gasteiger partial charge on any atom is 0.104 e. The van der Waals surface area contributed by atoms with Crippen molar-refractivity contribution in [1.82, 2.24) is 9.80 Å². The molecular formula is C16H24N2OS. The van der Waals surface area contributed by atoms with E-state index < -0.39 is 0 Å². The van der Waals surface area contributed by atoms with E-state index in [2.05, 4.69) is 47.6 Å². The average molecular weight is 292 g/mol. The monoisotopic (exact) mass is 292 g/mol. The number of aliphatic hydroxyl groups is 1. The van der Waals surface area contributed by atoms with Crippen molar-refractivity contribution in [2.75, 3.05) is 32.8 Å². The molecule has 1 aliphatic rings. The van der Waals surface area contributed by atoms with Crippen LogP contribution < -0.4 is 0 Å². The highest BCUT2D eigenvalue weighted by Gasteiger charge is 2.26. The highest BCUT2D eigenvalue weighted by Crippen LogP contribution is 2.22. The second kappa shape index (κ2) is 7.80. The number of rotatable bonds is 5. The second-order valence-electron chi connectivity index (χ2n) is 5.12. The first-order chi connectivity index (χ1) is 9.76. The van der Waals surface area contributed by atoms with Crippen molar-refractivity contribution in [2.45, 2.75) is 32.9 Å². The van der Waals surface area contributed by atoms with Crippen molar-refractivity contribution >= 4 is 11.3 Å². The zero-order chi connectivity index (χ0) is 14.4. The maximum atomic E-state index is 8.71. The molecule has 2 rings (SSSR count). The SMILES string of the molecule is CCN(CC)C1CCN(Cc2ccc(C#CCO)s2)C1. The Labute approximate surface area is 126 Å². The van der Waals surface area contributed by atoms with Crippen molar-refractivity contribution in [3.63, 3.8) is 0 Å². The minimum Gasteiger partial charge on any atom is -0.384 e. The summed E-state index contributed by atoms with van der Waals surface area (Å²) in [6.07, 6.45) is 1.28. The Morgan fingerprint density at radius 2 is 2.20 bits per heavy atom. The zero-order valence-corrected chi connectivity index (χ0v) is 13.2. The third kappa shape index (κ3) is 4.07. The lowest BCUT2D eigenvalue weighted by Crippen LogP contribution is -2.37. The normalized spacial score (nSPS) is 19.3. The van der Waals surface area contributed by atoms with E-state index in [4.69, 9.17) is 5.11 Å². The molecule has 0 aliphatic carbocycles.